The lowest BCUT2D eigenvalue weighted by molar-refractivity contribution is 0.0435. The van der Waals surface area contributed by atoms with E-state index in [1.165, 1.54) is 4.90 Å². The van der Waals surface area contributed by atoms with Crippen LogP contribution in [-0.2, 0) is 5.66 Å². The number of carbonyl (C=O) groups is 1. The third-order valence-corrected chi connectivity index (χ3v) is 3.70. The second-order valence-corrected chi connectivity index (χ2v) is 4.92. The van der Waals surface area contributed by atoms with Gasteiger partial charge in [-0.1, -0.05) is 12.1 Å². The van der Waals surface area contributed by atoms with Crippen molar-refractivity contribution in [1.29, 1.82) is 0 Å². The molecule has 1 aliphatic rings. The second-order valence-electron chi connectivity index (χ2n) is 4.92. The van der Waals surface area contributed by atoms with E-state index in [0.29, 0.717) is 18.8 Å². The van der Waals surface area contributed by atoms with E-state index >= 15 is 0 Å². The number of nitrogens with one attached hydrogen (secondary N) is 1. The van der Waals surface area contributed by atoms with Crippen LogP contribution in [0.5, 0.6) is 0 Å². The Labute approximate surface area is 110 Å². The Balaban J connectivity index is 2.08. The highest BCUT2D eigenvalue weighted by Gasteiger charge is 2.42. The van der Waals surface area contributed by atoms with Gasteiger partial charge in [0, 0.05) is 6.54 Å². The lowest BCUT2D eigenvalue weighted by atomic mass is 9.95. The largest absolute Gasteiger partial charge is 0.465 e. The van der Waals surface area contributed by atoms with Gasteiger partial charge in [-0.05, 0) is 31.4 Å². The number of piperidine rings is 1. The van der Waals surface area contributed by atoms with Crippen LogP contribution in [0.4, 0.5) is 4.79 Å². The Kier molecular flexibility index (Phi) is 2.67. The number of nitrogens with two attached hydrogens (primary N) is 1. The molecule has 6 heteroatoms. The van der Waals surface area contributed by atoms with Gasteiger partial charge < -0.3 is 15.8 Å². The fourth-order valence-corrected chi connectivity index (χ4v) is 2.67. The highest BCUT2D eigenvalue weighted by molar-refractivity contribution is 5.75. The Hall–Kier alpha value is -2.08. The third kappa shape index (κ3) is 1.84. The first-order chi connectivity index (χ1) is 9.11. The maximum Gasteiger partial charge on any atom is 0.409 e. The number of rotatable bonds is 1. The molecule has 100 valence electrons. The molecule has 1 amide bonds. The van der Waals surface area contributed by atoms with Crippen molar-refractivity contribution in [3.63, 3.8) is 0 Å². The van der Waals surface area contributed by atoms with E-state index in [1.54, 1.807) is 0 Å². The Morgan fingerprint density at radius 3 is 2.95 bits per heavy atom. The molecule has 0 saturated carbocycles. The summed E-state index contributed by atoms with van der Waals surface area (Å²) in [6, 6.07) is 7.59. The minimum absolute atomic E-state index is 0.447. The number of aromatic nitrogens is 2. The summed E-state index contributed by atoms with van der Waals surface area (Å²) >= 11 is 0. The Morgan fingerprint density at radius 2 is 2.21 bits per heavy atom. The molecule has 1 aromatic carbocycles. The molecule has 1 saturated heterocycles. The van der Waals surface area contributed by atoms with E-state index in [-0.39, 0.29) is 0 Å². The number of fused-ring (bicyclic) bond motifs is 1. The molecule has 3 rings (SSSR count). The number of hydrogen-bond acceptors (Lipinski definition) is 3. The predicted molar refractivity (Wildman–Crippen MR) is 70.5 cm³/mol. The average molecular weight is 260 g/mol. The summed E-state index contributed by atoms with van der Waals surface area (Å²) in [4.78, 5) is 20.3. The lowest BCUT2D eigenvalue weighted by Crippen LogP contribution is -2.58. The molecule has 1 unspecified atom stereocenters. The number of benzene rings is 1. The van der Waals surface area contributed by atoms with Gasteiger partial charge in [0.15, 0.2) is 5.66 Å². The van der Waals surface area contributed by atoms with Crippen LogP contribution in [0.2, 0.25) is 0 Å². The molecule has 0 bridgehead atoms. The van der Waals surface area contributed by atoms with Crippen LogP contribution in [0.25, 0.3) is 11.0 Å². The summed E-state index contributed by atoms with van der Waals surface area (Å²) in [6.45, 7) is 0.447. The van der Waals surface area contributed by atoms with E-state index in [2.05, 4.69) is 9.97 Å². The van der Waals surface area contributed by atoms with Crippen molar-refractivity contribution in [3.8, 4) is 0 Å². The molecule has 0 spiro atoms. The molecule has 1 atom stereocenters. The van der Waals surface area contributed by atoms with E-state index in [1.807, 2.05) is 24.3 Å². The first-order valence-electron chi connectivity index (χ1n) is 6.36. The number of carboxylic acid groups (broad SMARTS) is 1. The second kappa shape index (κ2) is 4.24. The highest BCUT2D eigenvalue weighted by atomic mass is 16.4. The van der Waals surface area contributed by atoms with Gasteiger partial charge in [-0.25, -0.2) is 9.78 Å². The van der Waals surface area contributed by atoms with Crippen LogP contribution < -0.4 is 5.73 Å². The van der Waals surface area contributed by atoms with Gasteiger partial charge in [-0.3, -0.25) is 4.90 Å². The quantitative estimate of drug-likeness (QED) is 0.729. The van der Waals surface area contributed by atoms with Crippen LogP contribution >= 0.6 is 0 Å². The molecule has 1 fully saturated rings. The van der Waals surface area contributed by atoms with Gasteiger partial charge in [0.05, 0.1) is 11.0 Å². The van der Waals surface area contributed by atoms with Gasteiger partial charge in [-0.2, -0.15) is 0 Å². The lowest BCUT2D eigenvalue weighted by Gasteiger charge is -2.41. The van der Waals surface area contributed by atoms with Crippen molar-refractivity contribution < 1.29 is 9.90 Å². The number of nitrogens with zero attached hydrogens (tertiary/aromatic N) is 2. The zero-order chi connectivity index (χ0) is 13.5. The molecule has 0 radical (unpaired) electrons. The fraction of sp³-hybridized carbons (Fsp3) is 0.385. The van der Waals surface area contributed by atoms with Crippen molar-refractivity contribution in [1.82, 2.24) is 14.9 Å². The van der Waals surface area contributed by atoms with E-state index in [0.717, 1.165) is 23.9 Å². The van der Waals surface area contributed by atoms with Gasteiger partial charge in [0.2, 0.25) is 0 Å². The van der Waals surface area contributed by atoms with Crippen LogP contribution in [0, 0.1) is 0 Å². The van der Waals surface area contributed by atoms with Gasteiger partial charge in [0.25, 0.3) is 0 Å². The number of hydrogen-bond donors (Lipinski definition) is 3. The number of H-pyrrole nitrogens is 1. The molecule has 6 nitrogen and oxygen atoms in total. The van der Waals surface area contributed by atoms with Crippen LogP contribution in [0.15, 0.2) is 24.3 Å². The smallest absolute Gasteiger partial charge is 0.409 e. The van der Waals surface area contributed by atoms with Crippen LogP contribution in [-0.4, -0.2) is 32.6 Å². The van der Waals surface area contributed by atoms with Crippen LogP contribution in [0.3, 0.4) is 0 Å². The first kappa shape index (κ1) is 12.0. The maximum absolute atomic E-state index is 11.4. The summed E-state index contributed by atoms with van der Waals surface area (Å²) in [6.07, 6.45) is 1.32. The number of imidazole rings is 1. The summed E-state index contributed by atoms with van der Waals surface area (Å²) in [5, 5.41) is 9.31. The standard InChI is InChI=1S/C13H16N4O2/c14-13(7-3-4-8-17(13)12(18)19)11-15-9-5-1-2-6-10(9)16-11/h1-2,5-6H,3-4,7-8,14H2,(H,15,16)(H,18,19). The minimum Gasteiger partial charge on any atom is -0.465 e. The predicted octanol–water partition coefficient (Wildman–Crippen LogP) is 1.84. The SMILES string of the molecule is NC1(c2nc3ccccc3[nH]2)CCCCN1C(=O)O. The topological polar surface area (TPSA) is 95.2 Å². The third-order valence-electron chi connectivity index (χ3n) is 3.70. The molecule has 1 aliphatic heterocycles. The molecular weight excluding hydrogens is 244 g/mol. The van der Waals surface area contributed by atoms with Crippen molar-refractivity contribution in [2.24, 2.45) is 5.73 Å². The molecular formula is C13H16N4O2. The number of amides is 1. The van der Waals surface area contributed by atoms with E-state index in [9.17, 15) is 9.90 Å². The molecule has 0 aliphatic carbocycles. The van der Waals surface area contributed by atoms with Gasteiger partial charge in [-0.15, -0.1) is 0 Å². The zero-order valence-corrected chi connectivity index (χ0v) is 10.5. The summed E-state index contributed by atoms with van der Waals surface area (Å²) in [7, 11) is 0. The van der Waals surface area contributed by atoms with Crippen molar-refractivity contribution in [2.75, 3.05) is 6.54 Å². The molecule has 1 aromatic heterocycles. The fourth-order valence-electron chi connectivity index (χ4n) is 2.67. The molecule has 2 aromatic rings. The van der Waals surface area contributed by atoms with Gasteiger partial charge in [0.1, 0.15) is 5.82 Å². The first-order valence-corrected chi connectivity index (χ1v) is 6.36. The molecule has 19 heavy (non-hydrogen) atoms. The highest BCUT2D eigenvalue weighted by Crippen LogP contribution is 2.32. The maximum atomic E-state index is 11.4. The Morgan fingerprint density at radius 1 is 1.42 bits per heavy atom. The summed E-state index contributed by atoms with van der Waals surface area (Å²) in [5.74, 6) is 0.524. The van der Waals surface area contributed by atoms with Crippen molar-refractivity contribution in [3.05, 3.63) is 30.1 Å². The monoisotopic (exact) mass is 260 g/mol. The summed E-state index contributed by atoms with van der Waals surface area (Å²) < 4.78 is 0. The molecule has 2 heterocycles. The number of likely N-dealkylation sites (tertiary alicyclic amines) is 1. The van der Waals surface area contributed by atoms with E-state index < -0.39 is 11.8 Å². The van der Waals surface area contributed by atoms with E-state index in [4.69, 9.17) is 5.73 Å². The number of para-hydroxylation sites is 2. The molecule has 4 N–H and O–H groups in total. The Bertz CT molecular complexity index is 591. The van der Waals surface area contributed by atoms with Gasteiger partial charge >= 0.3 is 6.09 Å². The van der Waals surface area contributed by atoms with Crippen molar-refractivity contribution in [2.45, 2.75) is 24.9 Å². The zero-order valence-electron chi connectivity index (χ0n) is 10.5. The normalized spacial score (nSPS) is 23.7. The average Bonchev–Trinajstić information content (AvgIpc) is 2.83. The summed E-state index contributed by atoms with van der Waals surface area (Å²) in [5.41, 5.74) is 6.97. The number of aromatic amines is 1. The minimum atomic E-state index is -1.05. The van der Waals surface area contributed by atoms with Crippen LogP contribution in [0.1, 0.15) is 25.1 Å². The van der Waals surface area contributed by atoms with Crippen molar-refractivity contribution >= 4 is 17.1 Å².